The highest BCUT2D eigenvalue weighted by atomic mass is 19.1. The predicted octanol–water partition coefficient (Wildman–Crippen LogP) is 3.51. The molecule has 8 nitrogen and oxygen atoms in total. The molecular formula is C20H16FN3O5. The van der Waals surface area contributed by atoms with Gasteiger partial charge in [-0.3, -0.25) is 4.79 Å². The number of ether oxygens (including phenoxy) is 2. The van der Waals surface area contributed by atoms with Crippen molar-refractivity contribution in [3.05, 3.63) is 72.6 Å². The van der Waals surface area contributed by atoms with Gasteiger partial charge in [0, 0.05) is 30.1 Å². The Labute approximate surface area is 165 Å². The second kappa shape index (κ2) is 8.79. The molecule has 0 aliphatic carbocycles. The molecule has 1 unspecified atom stereocenters. The van der Waals surface area contributed by atoms with Crippen LogP contribution in [0.2, 0.25) is 0 Å². The number of nitrogens with one attached hydrogen (secondary N) is 1. The summed E-state index contributed by atoms with van der Waals surface area (Å²) in [6, 6.07) is 10.3. The lowest BCUT2D eigenvalue weighted by Crippen LogP contribution is -2.25. The SMILES string of the molecule is CC(Nc1cc(OC(=O)c2ccncn2)cc(Oc2ccc(F)cc2)c1)C(=O)O. The minimum absolute atomic E-state index is 0.0540. The van der Waals surface area contributed by atoms with Crippen LogP contribution in [-0.4, -0.2) is 33.1 Å². The van der Waals surface area contributed by atoms with Crippen LogP contribution in [0, 0.1) is 5.82 Å². The summed E-state index contributed by atoms with van der Waals surface area (Å²) in [7, 11) is 0. The quantitative estimate of drug-likeness (QED) is 0.460. The highest BCUT2D eigenvalue weighted by molar-refractivity contribution is 5.89. The average molecular weight is 397 g/mol. The number of hydrogen-bond acceptors (Lipinski definition) is 7. The molecule has 0 saturated heterocycles. The second-order valence-corrected chi connectivity index (χ2v) is 5.94. The van der Waals surface area contributed by atoms with Crippen LogP contribution in [0.1, 0.15) is 17.4 Å². The third-order valence-electron chi connectivity index (χ3n) is 3.68. The zero-order chi connectivity index (χ0) is 20.8. The number of benzene rings is 2. The van der Waals surface area contributed by atoms with Crippen LogP contribution in [0.3, 0.4) is 0 Å². The average Bonchev–Trinajstić information content (AvgIpc) is 2.70. The van der Waals surface area contributed by atoms with E-state index < -0.39 is 23.8 Å². The fourth-order valence-corrected chi connectivity index (χ4v) is 2.29. The van der Waals surface area contributed by atoms with Gasteiger partial charge in [-0.05, 0) is 37.3 Å². The predicted molar refractivity (Wildman–Crippen MR) is 101 cm³/mol. The molecule has 0 bridgehead atoms. The van der Waals surface area contributed by atoms with Crippen molar-refractivity contribution in [1.29, 1.82) is 0 Å². The van der Waals surface area contributed by atoms with E-state index in [9.17, 15) is 14.0 Å². The molecule has 0 aliphatic rings. The minimum atomic E-state index is -1.06. The summed E-state index contributed by atoms with van der Waals surface area (Å²) in [5.74, 6) is -1.48. The molecule has 0 aliphatic heterocycles. The molecule has 2 N–H and O–H groups in total. The van der Waals surface area contributed by atoms with Crippen LogP contribution in [0.5, 0.6) is 17.2 Å². The second-order valence-electron chi connectivity index (χ2n) is 5.94. The lowest BCUT2D eigenvalue weighted by molar-refractivity contribution is -0.137. The number of aliphatic carboxylic acids is 1. The Hall–Kier alpha value is -4.01. The number of rotatable bonds is 7. The molecule has 1 atom stereocenters. The first-order valence-corrected chi connectivity index (χ1v) is 8.47. The highest BCUT2D eigenvalue weighted by Gasteiger charge is 2.15. The largest absolute Gasteiger partial charge is 0.480 e. The first-order chi connectivity index (χ1) is 13.9. The van der Waals surface area contributed by atoms with E-state index in [0.717, 1.165) is 0 Å². The van der Waals surface area contributed by atoms with Gasteiger partial charge in [0.1, 0.15) is 35.4 Å². The van der Waals surface area contributed by atoms with Gasteiger partial charge in [-0.15, -0.1) is 0 Å². The number of hydrogen-bond donors (Lipinski definition) is 2. The van der Waals surface area contributed by atoms with Gasteiger partial charge in [-0.1, -0.05) is 0 Å². The number of carboxylic acid groups (broad SMARTS) is 1. The van der Waals surface area contributed by atoms with E-state index in [1.165, 1.54) is 68.0 Å². The maximum Gasteiger partial charge on any atom is 0.362 e. The highest BCUT2D eigenvalue weighted by Crippen LogP contribution is 2.30. The summed E-state index contributed by atoms with van der Waals surface area (Å²) in [4.78, 5) is 30.9. The molecule has 1 aromatic heterocycles. The Morgan fingerprint density at radius 2 is 1.79 bits per heavy atom. The summed E-state index contributed by atoms with van der Waals surface area (Å²) in [5, 5.41) is 11.9. The molecule has 0 amide bonds. The van der Waals surface area contributed by atoms with Gasteiger partial charge in [-0.25, -0.2) is 19.2 Å². The van der Waals surface area contributed by atoms with Crippen LogP contribution >= 0.6 is 0 Å². The van der Waals surface area contributed by atoms with Crippen LogP contribution < -0.4 is 14.8 Å². The van der Waals surface area contributed by atoms with E-state index in [2.05, 4.69) is 15.3 Å². The summed E-state index contributed by atoms with van der Waals surface area (Å²) in [5.41, 5.74) is 0.406. The molecule has 0 radical (unpaired) electrons. The summed E-state index contributed by atoms with van der Waals surface area (Å²) in [6.07, 6.45) is 2.62. The minimum Gasteiger partial charge on any atom is -0.480 e. The van der Waals surface area contributed by atoms with Gasteiger partial charge in [0.25, 0.3) is 0 Å². The van der Waals surface area contributed by atoms with Crippen LogP contribution in [0.15, 0.2) is 61.1 Å². The lowest BCUT2D eigenvalue weighted by Gasteiger charge is -2.15. The third-order valence-corrected chi connectivity index (χ3v) is 3.68. The van der Waals surface area contributed by atoms with Crippen LogP contribution in [0.4, 0.5) is 10.1 Å². The van der Waals surface area contributed by atoms with Crippen molar-refractivity contribution < 1.29 is 28.6 Å². The third kappa shape index (κ3) is 5.48. The van der Waals surface area contributed by atoms with Crippen molar-refractivity contribution in [1.82, 2.24) is 9.97 Å². The summed E-state index contributed by atoms with van der Waals surface area (Å²) in [6.45, 7) is 1.46. The van der Waals surface area contributed by atoms with E-state index in [1.54, 1.807) is 0 Å². The molecule has 29 heavy (non-hydrogen) atoms. The van der Waals surface area contributed by atoms with E-state index >= 15 is 0 Å². The van der Waals surface area contributed by atoms with Crippen molar-refractivity contribution in [2.24, 2.45) is 0 Å². The van der Waals surface area contributed by atoms with Crippen molar-refractivity contribution in [3.8, 4) is 17.2 Å². The van der Waals surface area contributed by atoms with Gasteiger partial charge in [-0.2, -0.15) is 0 Å². The molecule has 3 rings (SSSR count). The van der Waals surface area contributed by atoms with Gasteiger partial charge in [0.15, 0.2) is 5.69 Å². The van der Waals surface area contributed by atoms with Crippen molar-refractivity contribution in [2.75, 3.05) is 5.32 Å². The Balaban J connectivity index is 1.88. The smallest absolute Gasteiger partial charge is 0.362 e. The van der Waals surface area contributed by atoms with Gasteiger partial charge in [0.05, 0.1) is 0 Å². The van der Waals surface area contributed by atoms with Crippen LogP contribution in [-0.2, 0) is 4.79 Å². The zero-order valence-corrected chi connectivity index (χ0v) is 15.2. The molecular weight excluding hydrogens is 381 g/mol. The number of carbonyl (C=O) groups is 2. The number of carboxylic acids is 1. The first-order valence-electron chi connectivity index (χ1n) is 8.47. The fourth-order valence-electron chi connectivity index (χ4n) is 2.29. The monoisotopic (exact) mass is 397 g/mol. The van der Waals surface area contributed by atoms with Gasteiger partial charge in [0.2, 0.25) is 0 Å². The number of aromatic nitrogens is 2. The molecule has 148 valence electrons. The van der Waals surface area contributed by atoms with Gasteiger partial charge < -0.3 is 19.9 Å². The Bertz CT molecular complexity index is 1010. The summed E-state index contributed by atoms with van der Waals surface area (Å²) < 4.78 is 24.1. The molecule has 3 aromatic rings. The Morgan fingerprint density at radius 1 is 1.07 bits per heavy atom. The topological polar surface area (TPSA) is 111 Å². The number of carbonyl (C=O) groups excluding carboxylic acids is 1. The number of anilines is 1. The van der Waals surface area contributed by atoms with E-state index in [1.807, 2.05) is 0 Å². The molecule has 0 fully saturated rings. The number of esters is 1. The maximum absolute atomic E-state index is 13.1. The van der Waals surface area contributed by atoms with Crippen molar-refractivity contribution in [2.45, 2.75) is 13.0 Å². The number of nitrogens with zero attached hydrogens (tertiary/aromatic N) is 2. The van der Waals surface area contributed by atoms with E-state index in [-0.39, 0.29) is 17.2 Å². The summed E-state index contributed by atoms with van der Waals surface area (Å²) >= 11 is 0. The molecule has 0 saturated carbocycles. The Kier molecular flexibility index (Phi) is 5.98. The fraction of sp³-hybridized carbons (Fsp3) is 0.100. The number of halogens is 1. The normalized spacial score (nSPS) is 11.4. The van der Waals surface area contributed by atoms with E-state index in [0.29, 0.717) is 11.4 Å². The first kappa shape index (κ1) is 19.7. The maximum atomic E-state index is 13.1. The van der Waals surface area contributed by atoms with Gasteiger partial charge >= 0.3 is 11.9 Å². The Morgan fingerprint density at radius 3 is 2.45 bits per heavy atom. The zero-order valence-electron chi connectivity index (χ0n) is 15.2. The van der Waals surface area contributed by atoms with Crippen LogP contribution in [0.25, 0.3) is 0 Å². The van der Waals surface area contributed by atoms with E-state index in [4.69, 9.17) is 14.6 Å². The molecule has 0 spiro atoms. The lowest BCUT2D eigenvalue weighted by atomic mass is 10.2. The molecule has 9 heteroatoms. The van der Waals surface area contributed by atoms with Crippen molar-refractivity contribution >= 4 is 17.6 Å². The standard InChI is InChI=1S/C20H16FN3O5/c1-12(19(25)26)24-14-8-16(28-15-4-2-13(21)3-5-15)10-17(9-14)29-20(27)18-6-7-22-11-23-18/h2-12,24H,1H3,(H,25,26). The molecule has 1 heterocycles. The van der Waals surface area contributed by atoms with Crippen molar-refractivity contribution in [3.63, 3.8) is 0 Å². The molecule has 2 aromatic carbocycles.